The number of hydrogen-bond acceptors (Lipinski definition) is 2. The van der Waals surface area contributed by atoms with Gasteiger partial charge in [-0.3, -0.25) is 0 Å². The Balaban J connectivity index is 2.12. The largest absolute Gasteiger partial charge is 0.399 e. The van der Waals surface area contributed by atoms with Crippen LogP contribution in [0.15, 0.2) is 24.3 Å². The lowest BCUT2D eigenvalue weighted by molar-refractivity contribution is 0.317. The van der Waals surface area contributed by atoms with Gasteiger partial charge in [-0.05, 0) is 50.3 Å². The molecule has 2 heteroatoms. The molecule has 1 aliphatic rings. The number of nitrogens with two attached hydrogens (primary N) is 1. The molecule has 0 radical (unpaired) electrons. The zero-order valence-electron chi connectivity index (χ0n) is 9.53. The SMILES string of the molecule is C[C@@H]1CC(c2ccc(N)cc2)C[C@H](C)N1. The number of nitrogens with one attached hydrogen (secondary N) is 1. The van der Waals surface area contributed by atoms with Crippen LogP contribution in [0.25, 0.3) is 0 Å². The average Bonchev–Trinajstić information content (AvgIpc) is 2.17. The Kier molecular flexibility index (Phi) is 2.96. The lowest BCUT2D eigenvalue weighted by Crippen LogP contribution is -2.41. The van der Waals surface area contributed by atoms with Crippen molar-refractivity contribution in [2.24, 2.45) is 0 Å². The molecule has 0 saturated carbocycles. The average molecular weight is 204 g/mol. The summed E-state index contributed by atoms with van der Waals surface area (Å²) in [6.45, 7) is 4.53. The molecule has 82 valence electrons. The lowest BCUT2D eigenvalue weighted by atomic mass is 9.84. The highest BCUT2D eigenvalue weighted by Gasteiger charge is 2.23. The van der Waals surface area contributed by atoms with Gasteiger partial charge in [0.25, 0.3) is 0 Å². The van der Waals surface area contributed by atoms with Gasteiger partial charge in [0.05, 0.1) is 0 Å². The maximum absolute atomic E-state index is 5.70. The minimum absolute atomic E-state index is 0.622. The molecular formula is C13H20N2. The Morgan fingerprint density at radius 1 is 1.07 bits per heavy atom. The summed E-state index contributed by atoms with van der Waals surface area (Å²) in [6.07, 6.45) is 2.46. The zero-order chi connectivity index (χ0) is 10.8. The van der Waals surface area contributed by atoms with E-state index >= 15 is 0 Å². The van der Waals surface area contributed by atoms with E-state index in [9.17, 15) is 0 Å². The van der Waals surface area contributed by atoms with Crippen molar-refractivity contribution in [2.45, 2.75) is 44.7 Å². The second-order valence-corrected chi connectivity index (χ2v) is 4.80. The van der Waals surface area contributed by atoms with Gasteiger partial charge >= 0.3 is 0 Å². The Labute approximate surface area is 91.9 Å². The van der Waals surface area contributed by atoms with Crippen molar-refractivity contribution in [1.29, 1.82) is 0 Å². The summed E-state index contributed by atoms with van der Waals surface area (Å²) in [5.41, 5.74) is 7.99. The van der Waals surface area contributed by atoms with E-state index in [1.54, 1.807) is 0 Å². The first-order valence-electron chi connectivity index (χ1n) is 5.76. The molecule has 1 aromatic carbocycles. The van der Waals surface area contributed by atoms with Gasteiger partial charge in [0.2, 0.25) is 0 Å². The second kappa shape index (κ2) is 4.23. The van der Waals surface area contributed by atoms with Crippen LogP contribution in [0.4, 0.5) is 5.69 Å². The molecule has 0 spiro atoms. The molecule has 1 saturated heterocycles. The third-order valence-electron chi connectivity index (χ3n) is 3.25. The van der Waals surface area contributed by atoms with E-state index in [1.807, 2.05) is 12.1 Å². The van der Waals surface area contributed by atoms with Crippen molar-refractivity contribution in [3.63, 3.8) is 0 Å². The van der Waals surface area contributed by atoms with Crippen LogP contribution in [-0.4, -0.2) is 12.1 Å². The van der Waals surface area contributed by atoms with Gasteiger partial charge in [-0.25, -0.2) is 0 Å². The van der Waals surface area contributed by atoms with Crippen LogP contribution in [0, 0.1) is 0 Å². The fraction of sp³-hybridized carbons (Fsp3) is 0.538. The number of nitrogen functional groups attached to an aromatic ring is 1. The predicted octanol–water partition coefficient (Wildman–Crippen LogP) is 2.51. The number of rotatable bonds is 1. The molecule has 1 aromatic rings. The summed E-state index contributed by atoms with van der Waals surface area (Å²) in [7, 11) is 0. The van der Waals surface area contributed by atoms with Crippen molar-refractivity contribution in [2.75, 3.05) is 5.73 Å². The van der Waals surface area contributed by atoms with Crippen molar-refractivity contribution in [1.82, 2.24) is 5.32 Å². The highest BCUT2D eigenvalue weighted by atomic mass is 14.9. The van der Waals surface area contributed by atoms with E-state index in [2.05, 4.69) is 31.3 Å². The van der Waals surface area contributed by atoms with E-state index in [4.69, 9.17) is 5.73 Å². The first-order chi connectivity index (χ1) is 7.15. The lowest BCUT2D eigenvalue weighted by Gasteiger charge is -2.33. The van der Waals surface area contributed by atoms with E-state index in [-0.39, 0.29) is 0 Å². The van der Waals surface area contributed by atoms with Crippen LogP contribution < -0.4 is 11.1 Å². The van der Waals surface area contributed by atoms with Crippen LogP contribution in [0.2, 0.25) is 0 Å². The molecule has 15 heavy (non-hydrogen) atoms. The molecule has 0 aliphatic carbocycles. The summed E-state index contributed by atoms with van der Waals surface area (Å²) < 4.78 is 0. The molecule has 1 heterocycles. The molecule has 0 amide bonds. The first kappa shape index (κ1) is 10.5. The van der Waals surface area contributed by atoms with Gasteiger partial charge in [-0.15, -0.1) is 0 Å². The number of piperidine rings is 1. The van der Waals surface area contributed by atoms with Gasteiger partial charge in [-0.2, -0.15) is 0 Å². The standard InChI is InChI=1S/C13H20N2/c1-9-7-12(8-10(2)15-9)11-3-5-13(14)6-4-11/h3-6,9-10,12,15H,7-8,14H2,1-2H3/t9-,10+,12?. The molecular weight excluding hydrogens is 184 g/mol. The maximum Gasteiger partial charge on any atom is 0.0314 e. The highest BCUT2D eigenvalue weighted by molar-refractivity contribution is 5.40. The Morgan fingerprint density at radius 3 is 2.13 bits per heavy atom. The third-order valence-corrected chi connectivity index (χ3v) is 3.25. The van der Waals surface area contributed by atoms with Gasteiger partial charge < -0.3 is 11.1 Å². The molecule has 3 atom stereocenters. The van der Waals surface area contributed by atoms with E-state index in [0.29, 0.717) is 18.0 Å². The maximum atomic E-state index is 5.70. The third kappa shape index (κ3) is 2.51. The van der Waals surface area contributed by atoms with Crippen LogP contribution >= 0.6 is 0 Å². The second-order valence-electron chi connectivity index (χ2n) is 4.80. The number of hydrogen-bond donors (Lipinski definition) is 2. The summed E-state index contributed by atoms with van der Waals surface area (Å²) in [6, 6.07) is 9.60. The van der Waals surface area contributed by atoms with Crippen LogP contribution in [-0.2, 0) is 0 Å². The van der Waals surface area contributed by atoms with E-state index in [1.165, 1.54) is 18.4 Å². The van der Waals surface area contributed by atoms with Crippen LogP contribution in [0.1, 0.15) is 38.2 Å². The van der Waals surface area contributed by atoms with Crippen molar-refractivity contribution in [3.05, 3.63) is 29.8 Å². The summed E-state index contributed by atoms with van der Waals surface area (Å²) in [4.78, 5) is 0. The molecule has 2 rings (SSSR count). The van der Waals surface area contributed by atoms with E-state index < -0.39 is 0 Å². The quantitative estimate of drug-likeness (QED) is 0.690. The monoisotopic (exact) mass is 204 g/mol. The summed E-state index contributed by atoms with van der Waals surface area (Å²) in [5.74, 6) is 0.692. The highest BCUT2D eigenvalue weighted by Crippen LogP contribution is 2.30. The predicted molar refractivity (Wildman–Crippen MR) is 64.9 cm³/mol. The van der Waals surface area contributed by atoms with Gasteiger partial charge in [0.1, 0.15) is 0 Å². The van der Waals surface area contributed by atoms with Crippen molar-refractivity contribution < 1.29 is 0 Å². The Morgan fingerprint density at radius 2 is 1.60 bits per heavy atom. The molecule has 2 nitrogen and oxygen atoms in total. The minimum atomic E-state index is 0.622. The first-order valence-corrected chi connectivity index (χ1v) is 5.76. The molecule has 0 aromatic heterocycles. The summed E-state index contributed by atoms with van der Waals surface area (Å²) in [5, 5.41) is 3.57. The zero-order valence-corrected chi connectivity index (χ0v) is 9.53. The minimum Gasteiger partial charge on any atom is -0.399 e. The smallest absolute Gasteiger partial charge is 0.0314 e. The van der Waals surface area contributed by atoms with Gasteiger partial charge in [-0.1, -0.05) is 12.1 Å². The normalized spacial score (nSPS) is 31.5. The summed E-state index contributed by atoms with van der Waals surface area (Å²) >= 11 is 0. The van der Waals surface area contributed by atoms with Crippen molar-refractivity contribution in [3.8, 4) is 0 Å². The van der Waals surface area contributed by atoms with Gasteiger partial charge in [0, 0.05) is 17.8 Å². The van der Waals surface area contributed by atoms with Crippen molar-refractivity contribution >= 4 is 5.69 Å². The van der Waals surface area contributed by atoms with Crippen LogP contribution in [0.5, 0.6) is 0 Å². The topological polar surface area (TPSA) is 38.0 Å². The molecule has 3 N–H and O–H groups in total. The Bertz CT molecular complexity index is 308. The fourth-order valence-electron chi connectivity index (χ4n) is 2.61. The van der Waals surface area contributed by atoms with E-state index in [0.717, 1.165) is 5.69 Å². The molecule has 1 aliphatic heterocycles. The van der Waals surface area contributed by atoms with Crippen LogP contribution in [0.3, 0.4) is 0 Å². The molecule has 1 unspecified atom stereocenters. The molecule has 1 fully saturated rings. The molecule has 0 bridgehead atoms. The number of anilines is 1. The number of benzene rings is 1. The van der Waals surface area contributed by atoms with Gasteiger partial charge in [0.15, 0.2) is 0 Å². The Hall–Kier alpha value is -1.02. The fourth-order valence-corrected chi connectivity index (χ4v) is 2.61.